The van der Waals surface area contributed by atoms with E-state index in [2.05, 4.69) is 16.0 Å². The van der Waals surface area contributed by atoms with Crippen LogP contribution in [-0.4, -0.2) is 46.9 Å². The van der Waals surface area contributed by atoms with Gasteiger partial charge in [-0.1, -0.05) is 48.5 Å². The fraction of sp³-hybridized carbons (Fsp3) is 0.333. The van der Waals surface area contributed by atoms with Gasteiger partial charge < -0.3 is 21.1 Å². The van der Waals surface area contributed by atoms with Crippen LogP contribution < -0.4 is 16.0 Å². The topological polar surface area (TPSA) is 125 Å². The quantitative estimate of drug-likeness (QED) is 0.491. The van der Waals surface area contributed by atoms with Gasteiger partial charge in [0.15, 0.2) is 0 Å². The number of rotatable bonds is 8. The van der Waals surface area contributed by atoms with Gasteiger partial charge in [-0.2, -0.15) is 0 Å². The van der Waals surface area contributed by atoms with Crippen molar-refractivity contribution in [3.05, 3.63) is 70.8 Å². The number of aliphatic carboxylic acids is 1. The van der Waals surface area contributed by atoms with Gasteiger partial charge in [-0.3, -0.25) is 14.4 Å². The zero-order valence-electron chi connectivity index (χ0n) is 18.1. The molecule has 3 rings (SSSR count). The molecule has 2 aromatic rings. The molecule has 1 aliphatic heterocycles. The molecule has 168 valence electrons. The monoisotopic (exact) mass is 437 g/mol. The lowest BCUT2D eigenvalue weighted by atomic mass is 9.99. The third kappa shape index (κ3) is 5.94. The zero-order valence-corrected chi connectivity index (χ0v) is 18.1. The second kappa shape index (κ2) is 10.1. The summed E-state index contributed by atoms with van der Waals surface area (Å²) in [4.78, 5) is 49.0. The van der Waals surface area contributed by atoms with E-state index in [1.54, 1.807) is 0 Å². The molecule has 0 unspecified atom stereocenters. The standard InChI is InChI=1S/C24H27N3O5/c1-14-8-9-17(10-15(14)2)12-20(24(31)32)25-21(28)13-19-23(30)26-18(22(29)27-19)11-16-6-4-3-5-7-16/h3-10,18-20H,11-13H2,1-2H3,(H,25,28)(H,26,30)(H,27,29)(H,31,32)/t18-,19-,20+/m0/s1. The van der Waals surface area contributed by atoms with Gasteiger partial charge in [-0.15, -0.1) is 0 Å². The van der Waals surface area contributed by atoms with Gasteiger partial charge in [0.25, 0.3) is 0 Å². The van der Waals surface area contributed by atoms with Crippen molar-refractivity contribution in [1.82, 2.24) is 16.0 Å². The van der Waals surface area contributed by atoms with Crippen molar-refractivity contribution in [3.63, 3.8) is 0 Å². The van der Waals surface area contributed by atoms with Crippen LogP contribution in [-0.2, 0) is 32.0 Å². The van der Waals surface area contributed by atoms with Gasteiger partial charge in [0.05, 0.1) is 6.42 Å². The Morgan fingerprint density at radius 3 is 2.25 bits per heavy atom. The number of nitrogens with one attached hydrogen (secondary N) is 3. The molecule has 8 nitrogen and oxygen atoms in total. The average Bonchev–Trinajstić information content (AvgIpc) is 2.74. The lowest BCUT2D eigenvalue weighted by Gasteiger charge is -2.29. The third-order valence-corrected chi connectivity index (χ3v) is 5.58. The number of carbonyl (C=O) groups is 4. The Balaban J connectivity index is 1.57. The van der Waals surface area contributed by atoms with Gasteiger partial charge in [-0.25, -0.2) is 4.79 Å². The van der Waals surface area contributed by atoms with E-state index < -0.39 is 35.9 Å². The Labute approximate surface area is 186 Å². The first-order valence-electron chi connectivity index (χ1n) is 10.5. The summed E-state index contributed by atoms with van der Waals surface area (Å²) in [6, 6.07) is 12.0. The van der Waals surface area contributed by atoms with Crippen LogP contribution in [0.3, 0.4) is 0 Å². The summed E-state index contributed by atoms with van der Waals surface area (Å²) < 4.78 is 0. The Morgan fingerprint density at radius 1 is 0.938 bits per heavy atom. The van der Waals surface area contributed by atoms with Crippen molar-refractivity contribution in [2.45, 2.75) is 51.2 Å². The normalized spacial score (nSPS) is 18.9. The van der Waals surface area contributed by atoms with Crippen LogP contribution in [0, 0.1) is 13.8 Å². The van der Waals surface area contributed by atoms with Crippen LogP contribution >= 0.6 is 0 Å². The van der Waals surface area contributed by atoms with Gasteiger partial charge in [0.2, 0.25) is 17.7 Å². The molecule has 0 saturated carbocycles. The summed E-state index contributed by atoms with van der Waals surface area (Å²) in [5.41, 5.74) is 3.81. The summed E-state index contributed by atoms with van der Waals surface area (Å²) in [5, 5.41) is 17.2. The number of carbonyl (C=O) groups excluding carboxylic acids is 3. The molecular weight excluding hydrogens is 410 g/mol. The zero-order chi connectivity index (χ0) is 23.3. The number of aryl methyl sites for hydroxylation is 2. The third-order valence-electron chi connectivity index (χ3n) is 5.58. The minimum Gasteiger partial charge on any atom is -0.480 e. The molecule has 2 aromatic carbocycles. The second-order valence-corrected chi connectivity index (χ2v) is 8.10. The Bertz CT molecular complexity index is 1020. The number of hydrogen-bond donors (Lipinski definition) is 4. The maximum Gasteiger partial charge on any atom is 0.326 e. The first kappa shape index (κ1) is 23.0. The predicted octanol–water partition coefficient (Wildman–Crippen LogP) is 1.03. The molecular formula is C24H27N3O5. The van der Waals surface area contributed by atoms with E-state index in [1.807, 2.05) is 62.4 Å². The number of hydrogen-bond acceptors (Lipinski definition) is 4. The van der Waals surface area contributed by atoms with Crippen molar-refractivity contribution < 1.29 is 24.3 Å². The highest BCUT2D eigenvalue weighted by Crippen LogP contribution is 2.13. The second-order valence-electron chi connectivity index (χ2n) is 8.10. The highest BCUT2D eigenvalue weighted by atomic mass is 16.4. The molecule has 0 aromatic heterocycles. The van der Waals surface area contributed by atoms with Crippen LogP contribution in [0.4, 0.5) is 0 Å². The molecule has 3 amide bonds. The molecule has 0 aliphatic carbocycles. The van der Waals surface area contributed by atoms with Crippen LogP contribution in [0.5, 0.6) is 0 Å². The van der Waals surface area contributed by atoms with Crippen LogP contribution in [0.15, 0.2) is 48.5 Å². The van der Waals surface area contributed by atoms with Gasteiger partial charge in [-0.05, 0) is 36.1 Å². The van der Waals surface area contributed by atoms with Crippen LogP contribution in [0.25, 0.3) is 0 Å². The summed E-state index contributed by atoms with van der Waals surface area (Å²) in [5.74, 6) is -2.64. The summed E-state index contributed by atoms with van der Waals surface area (Å²) in [6.07, 6.45) is 0.116. The number of amides is 3. The summed E-state index contributed by atoms with van der Waals surface area (Å²) >= 11 is 0. The highest BCUT2D eigenvalue weighted by molar-refractivity contribution is 5.99. The van der Waals surface area contributed by atoms with Gasteiger partial charge in [0.1, 0.15) is 18.1 Å². The molecule has 1 aliphatic rings. The highest BCUT2D eigenvalue weighted by Gasteiger charge is 2.35. The SMILES string of the molecule is Cc1ccc(C[C@@H](NC(=O)C[C@@H]2NC(=O)[C@H](Cc3ccccc3)NC2=O)C(=O)O)cc1C. The van der Waals surface area contributed by atoms with Crippen molar-refractivity contribution in [2.75, 3.05) is 0 Å². The number of carboxylic acid groups (broad SMARTS) is 1. The fourth-order valence-electron chi connectivity index (χ4n) is 3.62. The van der Waals surface area contributed by atoms with E-state index in [0.29, 0.717) is 6.42 Å². The molecule has 1 fully saturated rings. The molecule has 0 spiro atoms. The lowest BCUT2D eigenvalue weighted by Crippen LogP contribution is -2.63. The molecule has 8 heteroatoms. The predicted molar refractivity (Wildman–Crippen MR) is 118 cm³/mol. The molecule has 32 heavy (non-hydrogen) atoms. The molecule has 1 saturated heterocycles. The fourth-order valence-corrected chi connectivity index (χ4v) is 3.62. The van der Waals surface area contributed by atoms with E-state index in [4.69, 9.17) is 0 Å². The lowest BCUT2D eigenvalue weighted by molar-refractivity contribution is -0.142. The summed E-state index contributed by atoms with van der Waals surface area (Å²) in [7, 11) is 0. The number of piperazine rings is 1. The molecule has 4 N–H and O–H groups in total. The molecule has 0 radical (unpaired) electrons. The van der Waals surface area contributed by atoms with Crippen LogP contribution in [0.1, 0.15) is 28.7 Å². The van der Waals surface area contributed by atoms with Crippen LogP contribution in [0.2, 0.25) is 0 Å². The number of benzene rings is 2. The molecule has 0 bridgehead atoms. The maximum absolute atomic E-state index is 12.5. The van der Waals surface area contributed by atoms with E-state index in [-0.39, 0.29) is 18.7 Å². The van der Waals surface area contributed by atoms with Gasteiger partial charge in [0, 0.05) is 12.8 Å². The Kier molecular flexibility index (Phi) is 7.25. The van der Waals surface area contributed by atoms with Gasteiger partial charge >= 0.3 is 5.97 Å². The van der Waals surface area contributed by atoms with Crippen molar-refractivity contribution in [1.29, 1.82) is 0 Å². The first-order chi connectivity index (χ1) is 15.2. The van der Waals surface area contributed by atoms with E-state index in [0.717, 1.165) is 22.3 Å². The maximum atomic E-state index is 12.5. The van der Waals surface area contributed by atoms with Crippen molar-refractivity contribution in [2.24, 2.45) is 0 Å². The smallest absolute Gasteiger partial charge is 0.326 e. The Hall–Kier alpha value is -3.68. The van der Waals surface area contributed by atoms with Crippen molar-refractivity contribution in [3.8, 4) is 0 Å². The first-order valence-corrected chi connectivity index (χ1v) is 10.5. The number of carboxylic acids is 1. The van der Waals surface area contributed by atoms with E-state index >= 15 is 0 Å². The molecule has 1 heterocycles. The van der Waals surface area contributed by atoms with Crippen molar-refractivity contribution >= 4 is 23.7 Å². The minimum absolute atomic E-state index is 0.116. The minimum atomic E-state index is -1.17. The Morgan fingerprint density at radius 2 is 1.59 bits per heavy atom. The average molecular weight is 437 g/mol. The summed E-state index contributed by atoms with van der Waals surface area (Å²) in [6.45, 7) is 3.89. The van der Waals surface area contributed by atoms with E-state index in [9.17, 15) is 24.3 Å². The molecule has 3 atom stereocenters. The largest absolute Gasteiger partial charge is 0.480 e. The van der Waals surface area contributed by atoms with E-state index in [1.165, 1.54) is 0 Å².